The van der Waals surface area contributed by atoms with Crippen LogP contribution in [0.15, 0.2) is 54.9 Å². The van der Waals surface area contributed by atoms with E-state index in [1.807, 2.05) is 30.3 Å². The summed E-state index contributed by atoms with van der Waals surface area (Å²) in [4.78, 5) is 4.22. The monoisotopic (exact) mass is 295 g/mol. The van der Waals surface area contributed by atoms with Gasteiger partial charge in [0.2, 0.25) is 0 Å². The molecular weight excluding hydrogens is 278 g/mol. The van der Waals surface area contributed by atoms with Crippen LogP contribution in [0, 0.1) is 0 Å². The molecule has 1 heterocycles. The van der Waals surface area contributed by atoms with Crippen LogP contribution in [0.5, 0.6) is 11.5 Å². The number of hydrogen-bond donors (Lipinski definition) is 1. The van der Waals surface area contributed by atoms with Gasteiger partial charge in [0, 0.05) is 23.3 Å². The number of ether oxygens (including phenoxy) is 2. The molecule has 112 valence electrons. The van der Waals surface area contributed by atoms with Crippen molar-refractivity contribution >= 4 is 10.8 Å². The number of aliphatic hydroxyl groups excluding tert-OH is 1. The second kappa shape index (κ2) is 6.03. The largest absolute Gasteiger partial charge is 0.493 e. The van der Waals surface area contributed by atoms with Crippen LogP contribution in [0.2, 0.25) is 0 Å². The molecule has 1 aromatic heterocycles. The van der Waals surface area contributed by atoms with Crippen molar-refractivity contribution in [3.8, 4) is 11.5 Å². The summed E-state index contributed by atoms with van der Waals surface area (Å²) in [6.45, 7) is 0. The first-order valence-electron chi connectivity index (χ1n) is 6.97. The maximum absolute atomic E-state index is 10.7. The number of aliphatic hydroxyl groups is 1. The van der Waals surface area contributed by atoms with Gasteiger partial charge >= 0.3 is 0 Å². The molecule has 0 aliphatic carbocycles. The fraction of sp³-hybridized carbons (Fsp3) is 0.167. The summed E-state index contributed by atoms with van der Waals surface area (Å²) in [6.07, 6.45) is 2.71. The minimum absolute atomic E-state index is 0.590. The maximum atomic E-state index is 10.7. The van der Waals surface area contributed by atoms with Crippen molar-refractivity contribution in [1.29, 1.82) is 0 Å². The van der Waals surface area contributed by atoms with Gasteiger partial charge in [0.15, 0.2) is 11.5 Å². The van der Waals surface area contributed by atoms with Crippen LogP contribution in [0.1, 0.15) is 17.2 Å². The highest BCUT2D eigenvalue weighted by Gasteiger charge is 2.16. The second-order valence-corrected chi connectivity index (χ2v) is 4.97. The van der Waals surface area contributed by atoms with E-state index >= 15 is 0 Å². The molecule has 22 heavy (non-hydrogen) atoms. The van der Waals surface area contributed by atoms with Gasteiger partial charge in [-0.05, 0) is 23.1 Å². The highest BCUT2D eigenvalue weighted by molar-refractivity contribution is 5.85. The van der Waals surface area contributed by atoms with Crippen molar-refractivity contribution < 1.29 is 14.6 Å². The van der Waals surface area contributed by atoms with Gasteiger partial charge in [-0.1, -0.05) is 30.3 Å². The van der Waals surface area contributed by atoms with E-state index in [1.54, 1.807) is 38.7 Å². The Morgan fingerprint density at radius 2 is 1.73 bits per heavy atom. The number of rotatable bonds is 4. The van der Waals surface area contributed by atoms with Crippen LogP contribution in [0.4, 0.5) is 0 Å². The predicted molar refractivity (Wildman–Crippen MR) is 85.4 cm³/mol. The third-order valence-electron chi connectivity index (χ3n) is 3.72. The SMILES string of the molecule is COc1ccc(C(O)c2cncc3ccccc23)cc1OC. The van der Waals surface area contributed by atoms with Gasteiger partial charge in [0.1, 0.15) is 6.10 Å². The second-order valence-electron chi connectivity index (χ2n) is 4.97. The van der Waals surface area contributed by atoms with Gasteiger partial charge < -0.3 is 14.6 Å². The van der Waals surface area contributed by atoms with Crippen LogP contribution in [0.3, 0.4) is 0 Å². The molecule has 3 aromatic rings. The van der Waals surface area contributed by atoms with Crippen molar-refractivity contribution in [2.75, 3.05) is 14.2 Å². The summed E-state index contributed by atoms with van der Waals surface area (Å²) in [5, 5.41) is 12.7. The minimum Gasteiger partial charge on any atom is -0.493 e. The normalized spacial score (nSPS) is 12.1. The lowest BCUT2D eigenvalue weighted by molar-refractivity contribution is 0.220. The lowest BCUT2D eigenvalue weighted by Gasteiger charge is -2.16. The average molecular weight is 295 g/mol. The number of aromatic nitrogens is 1. The van der Waals surface area contributed by atoms with Gasteiger partial charge in [-0.15, -0.1) is 0 Å². The van der Waals surface area contributed by atoms with Crippen molar-refractivity contribution in [2.24, 2.45) is 0 Å². The van der Waals surface area contributed by atoms with E-state index in [-0.39, 0.29) is 0 Å². The van der Waals surface area contributed by atoms with Crippen LogP contribution in [-0.2, 0) is 0 Å². The molecule has 0 radical (unpaired) electrons. The van der Waals surface area contributed by atoms with E-state index < -0.39 is 6.10 Å². The average Bonchev–Trinajstić information content (AvgIpc) is 2.60. The molecule has 1 atom stereocenters. The molecule has 1 N–H and O–H groups in total. The molecule has 3 rings (SSSR count). The first-order chi connectivity index (χ1) is 10.7. The van der Waals surface area contributed by atoms with Crippen LogP contribution in [-0.4, -0.2) is 24.3 Å². The standard InChI is InChI=1S/C18H17NO3/c1-21-16-8-7-12(9-17(16)22-2)18(20)15-11-19-10-13-5-3-4-6-14(13)15/h3-11,18,20H,1-2H3. The van der Waals surface area contributed by atoms with Crippen LogP contribution >= 0.6 is 0 Å². The number of hydrogen-bond acceptors (Lipinski definition) is 4. The first kappa shape index (κ1) is 14.4. The van der Waals surface area contributed by atoms with E-state index in [1.165, 1.54) is 0 Å². The van der Waals surface area contributed by atoms with Gasteiger partial charge in [-0.25, -0.2) is 0 Å². The zero-order chi connectivity index (χ0) is 15.5. The van der Waals surface area contributed by atoms with Gasteiger partial charge in [-0.3, -0.25) is 4.98 Å². The molecule has 0 saturated heterocycles. The Balaban J connectivity index is 2.08. The minimum atomic E-state index is -0.779. The Hall–Kier alpha value is -2.59. The number of benzene rings is 2. The van der Waals surface area contributed by atoms with Crippen molar-refractivity contribution in [1.82, 2.24) is 4.98 Å². The summed E-state index contributed by atoms with van der Waals surface area (Å²) in [7, 11) is 3.16. The highest BCUT2D eigenvalue weighted by atomic mass is 16.5. The van der Waals surface area contributed by atoms with E-state index in [2.05, 4.69) is 4.98 Å². The first-order valence-corrected chi connectivity index (χ1v) is 6.97. The molecule has 2 aromatic carbocycles. The van der Waals surface area contributed by atoms with Crippen molar-refractivity contribution in [3.63, 3.8) is 0 Å². The molecule has 0 aliphatic heterocycles. The van der Waals surface area contributed by atoms with E-state index in [4.69, 9.17) is 9.47 Å². The molecule has 0 aliphatic rings. The Morgan fingerprint density at radius 1 is 0.955 bits per heavy atom. The molecule has 4 nitrogen and oxygen atoms in total. The molecule has 0 bridgehead atoms. The zero-order valence-electron chi connectivity index (χ0n) is 12.5. The lowest BCUT2D eigenvalue weighted by atomic mass is 9.98. The molecule has 4 heteroatoms. The number of pyridine rings is 1. The Bertz CT molecular complexity index is 796. The maximum Gasteiger partial charge on any atom is 0.161 e. The summed E-state index contributed by atoms with van der Waals surface area (Å²) < 4.78 is 10.5. The highest BCUT2D eigenvalue weighted by Crippen LogP contribution is 2.34. The van der Waals surface area contributed by atoms with Crippen LogP contribution in [0.25, 0.3) is 10.8 Å². The topological polar surface area (TPSA) is 51.6 Å². The van der Waals surface area contributed by atoms with Crippen LogP contribution < -0.4 is 9.47 Å². The fourth-order valence-electron chi connectivity index (χ4n) is 2.56. The summed E-state index contributed by atoms with van der Waals surface area (Å²) in [5.74, 6) is 1.22. The van der Waals surface area contributed by atoms with Gasteiger partial charge in [0.05, 0.1) is 14.2 Å². The Morgan fingerprint density at radius 3 is 2.50 bits per heavy atom. The Kier molecular flexibility index (Phi) is 3.94. The summed E-state index contributed by atoms with van der Waals surface area (Å²) in [5.41, 5.74) is 1.50. The summed E-state index contributed by atoms with van der Waals surface area (Å²) >= 11 is 0. The van der Waals surface area contributed by atoms with E-state index in [0.29, 0.717) is 11.5 Å². The number of fused-ring (bicyclic) bond motifs is 1. The summed E-state index contributed by atoms with van der Waals surface area (Å²) in [6, 6.07) is 13.3. The fourth-order valence-corrected chi connectivity index (χ4v) is 2.56. The lowest BCUT2D eigenvalue weighted by Crippen LogP contribution is -2.02. The van der Waals surface area contributed by atoms with Gasteiger partial charge in [-0.2, -0.15) is 0 Å². The molecule has 0 saturated carbocycles. The van der Waals surface area contributed by atoms with Gasteiger partial charge in [0.25, 0.3) is 0 Å². The molecule has 0 amide bonds. The van der Waals surface area contributed by atoms with E-state index in [9.17, 15) is 5.11 Å². The Labute approximate surface area is 129 Å². The number of nitrogens with zero attached hydrogens (tertiary/aromatic N) is 1. The van der Waals surface area contributed by atoms with Crippen molar-refractivity contribution in [3.05, 3.63) is 66.0 Å². The molecule has 0 spiro atoms. The third kappa shape index (κ3) is 2.49. The zero-order valence-corrected chi connectivity index (χ0v) is 12.5. The predicted octanol–water partition coefficient (Wildman–Crippen LogP) is 3.33. The van der Waals surface area contributed by atoms with E-state index in [0.717, 1.165) is 21.9 Å². The molecular formula is C18H17NO3. The number of methoxy groups -OCH3 is 2. The quantitative estimate of drug-likeness (QED) is 0.802. The smallest absolute Gasteiger partial charge is 0.161 e. The molecule has 1 unspecified atom stereocenters. The third-order valence-corrected chi connectivity index (χ3v) is 3.72. The van der Waals surface area contributed by atoms with Crippen molar-refractivity contribution in [2.45, 2.75) is 6.10 Å². The molecule has 0 fully saturated rings.